The van der Waals surface area contributed by atoms with E-state index in [1.807, 2.05) is 6.92 Å². The van der Waals surface area contributed by atoms with Gasteiger partial charge in [-0.15, -0.1) is 11.3 Å². The molecule has 0 N–H and O–H groups in total. The van der Waals surface area contributed by atoms with E-state index in [2.05, 4.69) is 10.1 Å². The molecule has 0 aliphatic rings. The van der Waals surface area contributed by atoms with Crippen LogP contribution < -0.4 is 5.56 Å². The predicted octanol–water partition coefficient (Wildman–Crippen LogP) is 3.26. The number of ether oxygens (including phenoxy) is 1. The lowest BCUT2D eigenvalue weighted by molar-refractivity contribution is 0.0600. The van der Waals surface area contributed by atoms with E-state index >= 15 is 0 Å². The summed E-state index contributed by atoms with van der Waals surface area (Å²) >= 11 is 1.42. The minimum atomic E-state index is -0.406. The normalized spacial score (nSPS) is 11.0. The van der Waals surface area contributed by atoms with Gasteiger partial charge in [0.05, 0.1) is 35.2 Å². The zero-order valence-corrected chi connectivity index (χ0v) is 15.4. The number of esters is 1. The Hall–Kier alpha value is -3.26. The Kier molecular flexibility index (Phi) is 4.33. The smallest absolute Gasteiger partial charge is 0.337 e. The second-order valence-electron chi connectivity index (χ2n) is 5.89. The second kappa shape index (κ2) is 6.81. The largest absolute Gasteiger partial charge is 0.465 e. The predicted molar refractivity (Wildman–Crippen MR) is 101 cm³/mol. The molecule has 0 aliphatic carbocycles. The van der Waals surface area contributed by atoms with Crippen molar-refractivity contribution in [3.05, 3.63) is 69.1 Å². The number of rotatable bonds is 4. The number of thiazole rings is 1. The molecule has 0 spiro atoms. The van der Waals surface area contributed by atoms with Gasteiger partial charge >= 0.3 is 5.97 Å². The van der Waals surface area contributed by atoms with E-state index in [0.717, 1.165) is 10.6 Å². The van der Waals surface area contributed by atoms with E-state index in [-0.39, 0.29) is 12.1 Å². The molecular weight excluding hydrogens is 366 g/mol. The maximum Gasteiger partial charge on any atom is 0.337 e. The number of fused-ring (bicyclic) bond motifs is 1. The third kappa shape index (κ3) is 3.15. The second-order valence-corrected chi connectivity index (χ2v) is 7.09. The van der Waals surface area contributed by atoms with Gasteiger partial charge in [0, 0.05) is 0 Å². The van der Waals surface area contributed by atoms with Gasteiger partial charge in [-0.2, -0.15) is 5.10 Å². The van der Waals surface area contributed by atoms with Gasteiger partial charge < -0.3 is 9.15 Å². The molecule has 0 bridgehead atoms. The fourth-order valence-electron chi connectivity index (χ4n) is 2.78. The topological polar surface area (TPSA) is 87.2 Å². The minimum absolute atomic E-state index is 0.251. The van der Waals surface area contributed by atoms with Crippen molar-refractivity contribution < 1.29 is 13.9 Å². The van der Waals surface area contributed by atoms with Crippen LogP contribution in [-0.2, 0) is 11.3 Å². The number of nitrogens with zero attached hydrogens (tertiary/aromatic N) is 3. The van der Waals surface area contributed by atoms with E-state index in [1.54, 1.807) is 42.7 Å². The van der Waals surface area contributed by atoms with Crippen LogP contribution in [0, 0.1) is 6.92 Å². The van der Waals surface area contributed by atoms with Crippen molar-refractivity contribution in [1.82, 2.24) is 14.8 Å². The third-order valence-electron chi connectivity index (χ3n) is 4.07. The lowest BCUT2D eigenvalue weighted by Gasteiger charge is -2.08. The van der Waals surface area contributed by atoms with Crippen molar-refractivity contribution in [2.24, 2.45) is 0 Å². The van der Waals surface area contributed by atoms with Crippen molar-refractivity contribution in [3.8, 4) is 11.5 Å². The van der Waals surface area contributed by atoms with Crippen LogP contribution in [0.4, 0.5) is 0 Å². The van der Waals surface area contributed by atoms with Crippen LogP contribution in [0.25, 0.3) is 21.7 Å². The average molecular weight is 381 g/mol. The molecule has 0 amide bonds. The first kappa shape index (κ1) is 17.2. The zero-order valence-electron chi connectivity index (χ0n) is 14.6. The standard InChI is InChI=1S/C19H15N3O4S/c1-11-20-16-17(27-11)15(14-4-3-9-26-14)21-22(18(16)23)10-12-5-7-13(8-6-12)19(24)25-2/h3-9H,10H2,1-2H3. The van der Waals surface area contributed by atoms with Gasteiger partial charge in [-0.05, 0) is 36.8 Å². The molecule has 0 atom stereocenters. The molecule has 8 heteroatoms. The first-order chi connectivity index (χ1) is 13.1. The van der Waals surface area contributed by atoms with E-state index in [0.29, 0.717) is 27.2 Å². The van der Waals surface area contributed by atoms with Gasteiger partial charge in [-0.1, -0.05) is 12.1 Å². The molecule has 4 aromatic rings. The quantitative estimate of drug-likeness (QED) is 0.504. The number of carbonyl (C=O) groups excluding carboxylic acids is 1. The van der Waals surface area contributed by atoms with Gasteiger partial charge in [-0.25, -0.2) is 14.5 Å². The Bertz CT molecular complexity index is 1170. The maximum absolute atomic E-state index is 12.8. The molecule has 3 heterocycles. The molecule has 27 heavy (non-hydrogen) atoms. The maximum atomic E-state index is 12.8. The highest BCUT2D eigenvalue weighted by Crippen LogP contribution is 2.29. The van der Waals surface area contributed by atoms with Gasteiger partial charge in [0.25, 0.3) is 5.56 Å². The van der Waals surface area contributed by atoms with Gasteiger partial charge in [0.1, 0.15) is 5.69 Å². The Morgan fingerprint density at radius 2 is 2.04 bits per heavy atom. The summed E-state index contributed by atoms with van der Waals surface area (Å²) in [5.41, 5.74) is 1.98. The molecule has 3 aromatic heterocycles. The first-order valence-corrected chi connectivity index (χ1v) is 8.98. The molecule has 0 fully saturated rings. The zero-order chi connectivity index (χ0) is 19.0. The molecule has 136 valence electrons. The molecule has 0 saturated carbocycles. The number of furan rings is 1. The summed E-state index contributed by atoms with van der Waals surface area (Å²) < 4.78 is 12.3. The number of carbonyl (C=O) groups is 1. The highest BCUT2D eigenvalue weighted by Gasteiger charge is 2.18. The summed E-state index contributed by atoms with van der Waals surface area (Å²) in [5, 5.41) is 5.30. The Labute approximate surface area is 157 Å². The molecule has 0 aliphatic heterocycles. The van der Waals surface area contributed by atoms with Gasteiger partial charge in [0.2, 0.25) is 0 Å². The van der Waals surface area contributed by atoms with Crippen LogP contribution in [0.15, 0.2) is 51.9 Å². The lowest BCUT2D eigenvalue weighted by atomic mass is 10.1. The summed E-state index contributed by atoms with van der Waals surface area (Å²) in [6.07, 6.45) is 1.57. The van der Waals surface area contributed by atoms with Crippen LogP contribution in [0.5, 0.6) is 0 Å². The molecular formula is C19H15N3O4S. The van der Waals surface area contributed by atoms with Crippen LogP contribution in [0.3, 0.4) is 0 Å². The number of hydrogen-bond acceptors (Lipinski definition) is 7. The highest BCUT2D eigenvalue weighted by molar-refractivity contribution is 7.19. The van der Waals surface area contributed by atoms with Crippen molar-refractivity contribution in [2.75, 3.05) is 7.11 Å². The highest BCUT2D eigenvalue weighted by atomic mass is 32.1. The third-order valence-corrected chi connectivity index (χ3v) is 5.05. The minimum Gasteiger partial charge on any atom is -0.465 e. The Balaban J connectivity index is 1.79. The summed E-state index contributed by atoms with van der Waals surface area (Å²) in [4.78, 5) is 28.8. The molecule has 4 rings (SSSR count). The molecule has 1 aromatic carbocycles. The number of aryl methyl sites for hydroxylation is 1. The van der Waals surface area contributed by atoms with Crippen LogP contribution in [-0.4, -0.2) is 27.8 Å². The monoisotopic (exact) mass is 381 g/mol. The number of hydrogen-bond donors (Lipinski definition) is 0. The van der Waals surface area contributed by atoms with E-state index in [1.165, 1.54) is 23.1 Å². The van der Waals surface area contributed by atoms with E-state index < -0.39 is 5.97 Å². The number of benzene rings is 1. The van der Waals surface area contributed by atoms with E-state index in [9.17, 15) is 9.59 Å². The Morgan fingerprint density at radius 3 is 2.70 bits per heavy atom. The summed E-state index contributed by atoms with van der Waals surface area (Å²) in [6, 6.07) is 10.4. The van der Waals surface area contributed by atoms with Crippen molar-refractivity contribution in [3.63, 3.8) is 0 Å². The van der Waals surface area contributed by atoms with Crippen molar-refractivity contribution in [1.29, 1.82) is 0 Å². The van der Waals surface area contributed by atoms with E-state index in [4.69, 9.17) is 9.15 Å². The van der Waals surface area contributed by atoms with Gasteiger partial charge in [0.15, 0.2) is 11.3 Å². The fourth-order valence-corrected chi connectivity index (χ4v) is 3.69. The lowest BCUT2D eigenvalue weighted by Crippen LogP contribution is -2.24. The van der Waals surface area contributed by atoms with Crippen LogP contribution >= 0.6 is 11.3 Å². The fraction of sp³-hybridized carbons (Fsp3) is 0.158. The molecule has 0 saturated heterocycles. The van der Waals surface area contributed by atoms with Crippen LogP contribution in [0.1, 0.15) is 20.9 Å². The number of aromatic nitrogens is 3. The summed E-state index contributed by atoms with van der Waals surface area (Å²) in [5.74, 6) is 0.176. The number of methoxy groups -OCH3 is 1. The van der Waals surface area contributed by atoms with Crippen LogP contribution in [0.2, 0.25) is 0 Å². The van der Waals surface area contributed by atoms with Crippen molar-refractivity contribution in [2.45, 2.75) is 13.5 Å². The SMILES string of the molecule is COC(=O)c1ccc(Cn2nc(-c3ccco3)c3sc(C)nc3c2=O)cc1. The summed E-state index contributed by atoms with van der Waals surface area (Å²) in [6.45, 7) is 2.10. The molecule has 7 nitrogen and oxygen atoms in total. The van der Waals surface area contributed by atoms with Gasteiger partial charge in [-0.3, -0.25) is 4.79 Å². The Morgan fingerprint density at radius 1 is 1.26 bits per heavy atom. The first-order valence-electron chi connectivity index (χ1n) is 8.16. The van der Waals surface area contributed by atoms with Crippen molar-refractivity contribution >= 4 is 27.5 Å². The average Bonchev–Trinajstić information content (AvgIpc) is 3.34. The summed E-state index contributed by atoms with van der Waals surface area (Å²) in [7, 11) is 1.33. The molecule has 0 radical (unpaired) electrons. The molecule has 0 unspecified atom stereocenters.